The quantitative estimate of drug-likeness (QED) is 0.460. The molecule has 1 saturated heterocycles. The summed E-state index contributed by atoms with van der Waals surface area (Å²) in [6.45, 7) is 3.45. The van der Waals surface area contributed by atoms with Crippen LogP contribution in [0.2, 0.25) is 0 Å². The first-order valence-corrected chi connectivity index (χ1v) is 9.77. The number of piperazine rings is 1. The van der Waals surface area contributed by atoms with Gasteiger partial charge in [-0.1, -0.05) is 28.1 Å². The minimum Gasteiger partial charge on any atom is -0.406 e. The molecule has 1 aliphatic rings. The van der Waals surface area contributed by atoms with E-state index < -0.39 is 6.36 Å². The number of hydrogen-bond donors (Lipinski definition) is 2. The van der Waals surface area contributed by atoms with Crippen molar-refractivity contribution in [3.8, 4) is 5.75 Å². The number of benzene rings is 2. The summed E-state index contributed by atoms with van der Waals surface area (Å²) in [5, 5.41) is 4.44. The molecule has 0 radical (unpaired) electrons. The molecule has 164 valence electrons. The van der Waals surface area contributed by atoms with Crippen molar-refractivity contribution in [1.29, 1.82) is 0 Å². The van der Waals surface area contributed by atoms with Crippen LogP contribution in [0.15, 0.2) is 53.1 Å². The molecule has 1 aliphatic heterocycles. The lowest BCUT2D eigenvalue weighted by atomic mass is 9.96. The summed E-state index contributed by atoms with van der Waals surface area (Å²) in [6.07, 6.45) is -2.70. The third kappa shape index (κ3) is 5.62. The molecule has 30 heavy (non-hydrogen) atoms. The van der Waals surface area contributed by atoms with Gasteiger partial charge in [0.05, 0.1) is 6.04 Å². The van der Waals surface area contributed by atoms with Crippen LogP contribution in [0.4, 0.5) is 13.2 Å². The van der Waals surface area contributed by atoms with E-state index in [0.717, 1.165) is 52.7 Å². The highest BCUT2D eigenvalue weighted by Gasteiger charge is 2.31. The van der Waals surface area contributed by atoms with Crippen molar-refractivity contribution in [2.24, 2.45) is 0 Å². The molecule has 2 aromatic carbocycles. The summed E-state index contributed by atoms with van der Waals surface area (Å²) in [5.74, 6) is -0.211. The van der Waals surface area contributed by atoms with Crippen LogP contribution < -0.4 is 10.1 Å². The number of nitrogens with one attached hydrogen (secondary N) is 2. The second-order valence-corrected chi connectivity index (χ2v) is 7.65. The van der Waals surface area contributed by atoms with E-state index in [4.69, 9.17) is 0 Å². The second kappa shape index (κ2) is 10.2. The maximum Gasteiger partial charge on any atom is 0.573 e. The molecule has 0 spiro atoms. The van der Waals surface area contributed by atoms with Crippen LogP contribution in [0.3, 0.4) is 0 Å². The predicted molar refractivity (Wildman–Crippen MR) is 120 cm³/mol. The first-order valence-electron chi connectivity index (χ1n) is 8.98. The Morgan fingerprint density at radius 2 is 1.67 bits per heavy atom. The molecular formula is C20H21BrCl2F3N3O. The van der Waals surface area contributed by atoms with Gasteiger partial charge in [0.15, 0.2) is 0 Å². The molecule has 2 N–H and O–H groups in total. The fourth-order valence-electron chi connectivity index (χ4n) is 3.72. The summed E-state index contributed by atoms with van der Waals surface area (Å²) >= 11 is 3.53. The lowest BCUT2D eigenvalue weighted by Crippen LogP contribution is -2.45. The lowest BCUT2D eigenvalue weighted by Gasteiger charge is -2.35. The number of fused-ring (bicyclic) bond motifs is 1. The Morgan fingerprint density at radius 1 is 1.00 bits per heavy atom. The molecule has 1 aromatic heterocycles. The van der Waals surface area contributed by atoms with E-state index in [2.05, 4.69) is 41.9 Å². The lowest BCUT2D eigenvalue weighted by molar-refractivity contribution is -0.274. The van der Waals surface area contributed by atoms with Gasteiger partial charge in [-0.2, -0.15) is 0 Å². The SMILES string of the molecule is Cl.Cl.FC(F)(F)Oc1ccc([C@@H](c2c[nH]c3ccc(Br)cc23)N2CCNCC2)cc1. The summed E-state index contributed by atoms with van der Waals surface area (Å²) < 4.78 is 42.4. The van der Waals surface area contributed by atoms with Gasteiger partial charge in [-0.3, -0.25) is 4.90 Å². The Bertz CT molecular complexity index is 960. The Morgan fingerprint density at radius 3 is 2.30 bits per heavy atom. The number of nitrogens with zero attached hydrogens (tertiary/aromatic N) is 1. The zero-order chi connectivity index (χ0) is 19.7. The van der Waals surface area contributed by atoms with Gasteiger partial charge in [0.2, 0.25) is 0 Å². The Labute approximate surface area is 193 Å². The molecule has 2 heterocycles. The Hall–Kier alpha value is -1.45. The fraction of sp³-hybridized carbons (Fsp3) is 0.300. The van der Waals surface area contributed by atoms with Crippen molar-refractivity contribution in [2.75, 3.05) is 26.2 Å². The van der Waals surface area contributed by atoms with Crippen LogP contribution >= 0.6 is 40.7 Å². The van der Waals surface area contributed by atoms with E-state index in [9.17, 15) is 13.2 Å². The molecule has 0 amide bonds. The summed E-state index contributed by atoms with van der Waals surface area (Å²) in [5.41, 5.74) is 3.05. The van der Waals surface area contributed by atoms with Gasteiger partial charge in [0, 0.05) is 47.8 Å². The van der Waals surface area contributed by atoms with Crippen molar-refractivity contribution in [3.05, 3.63) is 64.3 Å². The largest absolute Gasteiger partial charge is 0.573 e. The van der Waals surface area contributed by atoms with E-state index in [0.29, 0.717) is 0 Å². The molecule has 0 aliphatic carbocycles. The van der Waals surface area contributed by atoms with Crippen molar-refractivity contribution in [1.82, 2.24) is 15.2 Å². The monoisotopic (exact) mass is 525 g/mol. The van der Waals surface area contributed by atoms with E-state index in [1.165, 1.54) is 12.1 Å². The molecule has 4 nitrogen and oxygen atoms in total. The maximum absolute atomic E-state index is 12.5. The number of aromatic nitrogens is 1. The number of halogens is 6. The van der Waals surface area contributed by atoms with Crippen molar-refractivity contribution < 1.29 is 17.9 Å². The minimum atomic E-state index is -4.69. The van der Waals surface area contributed by atoms with Crippen LogP contribution in [0.1, 0.15) is 17.2 Å². The zero-order valence-corrected chi connectivity index (χ0v) is 18.9. The smallest absolute Gasteiger partial charge is 0.406 e. The second-order valence-electron chi connectivity index (χ2n) is 6.74. The Balaban J connectivity index is 0.00000160. The van der Waals surface area contributed by atoms with E-state index >= 15 is 0 Å². The maximum atomic E-state index is 12.5. The average molecular weight is 527 g/mol. The van der Waals surface area contributed by atoms with Crippen LogP contribution in [0.25, 0.3) is 10.9 Å². The summed E-state index contributed by atoms with van der Waals surface area (Å²) in [4.78, 5) is 5.66. The summed E-state index contributed by atoms with van der Waals surface area (Å²) in [7, 11) is 0. The third-order valence-corrected chi connectivity index (χ3v) is 5.41. The van der Waals surface area contributed by atoms with Gasteiger partial charge in [-0.05, 0) is 41.5 Å². The summed E-state index contributed by atoms with van der Waals surface area (Å²) in [6, 6.07) is 12.2. The topological polar surface area (TPSA) is 40.3 Å². The number of H-pyrrole nitrogens is 1. The van der Waals surface area contributed by atoms with Crippen molar-refractivity contribution in [3.63, 3.8) is 0 Å². The molecule has 0 bridgehead atoms. The highest BCUT2D eigenvalue weighted by Crippen LogP contribution is 2.36. The predicted octanol–water partition coefficient (Wildman–Crippen LogP) is 5.67. The minimum absolute atomic E-state index is 0. The molecule has 10 heteroatoms. The number of rotatable bonds is 4. The molecular weight excluding hydrogens is 506 g/mol. The van der Waals surface area contributed by atoms with Crippen LogP contribution in [-0.4, -0.2) is 42.4 Å². The molecule has 0 unspecified atom stereocenters. The Kier molecular flexibility index (Phi) is 8.47. The van der Waals surface area contributed by atoms with Crippen LogP contribution in [0.5, 0.6) is 5.75 Å². The zero-order valence-electron chi connectivity index (χ0n) is 15.7. The average Bonchev–Trinajstić information content (AvgIpc) is 3.06. The standard InChI is InChI=1S/C20H19BrF3N3O.2ClH/c21-14-3-6-18-16(11-14)17(12-26-18)19(27-9-7-25-8-10-27)13-1-4-15(5-2-13)28-20(22,23)24;;/h1-6,11-12,19,25-26H,7-10H2;2*1H/t19-;;/m0../s1. The van der Waals surface area contributed by atoms with E-state index in [1.807, 2.05) is 18.3 Å². The first kappa shape index (κ1) is 24.8. The number of ether oxygens (including phenoxy) is 1. The molecule has 3 aromatic rings. The van der Waals surface area contributed by atoms with Gasteiger partial charge in [0.1, 0.15) is 5.75 Å². The normalized spacial score (nSPS) is 15.9. The number of aromatic amines is 1. The van der Waals surface area contributed by atoms with Crippen molar-refractivity contribution in [2.45, 2.75) is 12.4 Å². The highest BCUT2D eigenvalue weighted by molar-refractivity contribution is 9.10. The molecule has 4 rings (SSSR count). The van der Waals surface area contributed by atoms with Gasteiger partial charge in [0.25, 0.3) is 0 Å². The van der Waals surface area contributed by atoms with Crippen LogP contribution in [0, 0.1) is 0 Å². The van der Waals surface area contributed by atoms with Gasteiger partial charge in [-0.25, -0.2) is 0 Å². The van der Waals surface area contributed by atoms with Gasteiger partial charge >= 0.3 is 6.36 Å². The highest BCUT2D eigenvalue weighted by atomic mass is 79.9. The van der Waals surface area contributed by atoms with Crippen LogP contribution in [-0.2, 0) is 0 Å². The van der Waals surface area contributed by atoms with Gasteiger partial charge in [-0.15, -0.1) is 38.0 Å². The molecule has 1 fully saturated rings. The first-order chi connectivity index (χ1) is 13.4. The number of hydrogen-bond acceptors (Lipinski definition) is 3. The fourth-order valence-corrected chi connectivity index (χ4v) is 4.08. The number of alkyl halides is 3. The van der Waals surface area contributed by atoms with Gasteiger partial charge < -0.3 is 15.0 Å². The molecule has 0 saturated carbocycles. The van der Waals surface area contributed by atoms with Crippen molar-refractivity contribution >= 4 is 51.6 Å². The third-order valence-electron chi connectivity index (χ3n) is 4.92. The van der Waals surface area contributed by atoms with E-state index in [-0.39, 0.29) is 36.6 Å². The van der Waals surface area contributed by atoms with E-state index in [1.54, 1.807) is 12.1 Å². The molecule has 1 atom stereocenters.